The molecule has 1 N–H and O–H groups in total. The smallest absolute Gasteiger partial charge is 0.205 e. The Bertz CT molecular complexity index is 1380. The summed E-state index contributed by atoms with van der Waals surface area (Å²) in [5.74, 6) is 2.12. The number of rotatable bonds is 7. The zero-order valence-corrected chi connectivity index (χ0v) is 18.4. The summed E-state index contributed by atoms with van der Waals surface area (Å²) in [6.07, 6.45) is 0.817. The van der Waals surface area contributed by atoms with E-state index in [2.05, 4.69) is 57.9 Å². The standard InChI is InChI=1S/C26H23N5O2/c1-3-19-14-25(22-12-10-20(32-2)15-24(22)27-19)33-16-17-9-11-21(18-7-5-4-6-8-18)23(13-17)26-28-30-31-29-26/h4-15H,3,16H2,1-2H3,(H,28,29,30,31). The van der Waals surface area contributed by atoms with Crippen LogP contribution in [0.25, 0.3) is 33.4 Å². The number of aromatic amines is 1. The van der Waals surface area contributed by atoms with Crippen LogP contribution in [-0.2, 0) is 13.0 Å². The monoisotopic (exact) mass is 437 g/mol. The van der Waals surface area contributed by atoms with Gasteiger partial charge in [0.2, 0.25) is 5.82 Å². The topological polar surface area (TPSA) is 85.8 Å². The van der Waals surface area contributed by atoms with Crippen molar-refractivity contribution < 1.29 is 9.47 Å². The van der Waals surface area contributed by atoms with Crippen molar-refractivity contribution in [1.29, 1.82) is 0 Å². The zero-order valence-electron chi connectivity index (χ0n) is 18.4. The molecule has 0 aliphatic heterocycles. The average molecular weight is 438 g/mol. The molecule has 0 spiro atoms. The first-order valence-electron chi connectivity index (χ1n) is 10.8. The van der Waals surface area contributed by atoms with Gasteiger partial charge < -0.3 is 9.47 Å². The van der Waals surface area contributed by atoms with Crippen LogP contribution in [0.4, 0.5) is 0 Å². The van der Waals surface area contributed by atoms with E-state index >= 15 is 0 Å². The van der Waals surface area contributed by atoms with Gasteiger partial charge in [-0.15, -0.1) is 10.2 Å². The first-order valence-corrected chi connectivity index (χ1v) is 10.8. The molecule has 5 aromatic rings. The first kappa shape index (κ1) is 20.6. The summed E-state index contributed by atoms with van der Waals surface area (Å²) >= 11 is 0. The molecule has 3 aromatic carbocycles. The second kappa shape index (κ2) is 9.08. The number of hydrogen-bond acceptors (Lipinski definition) is 6. The van der Waals surface area contributed by atoms with Gasteiger partial charge in [0.1, 0.15) is 18.1 Å². The van der Waals surface area contributed by atoms with Crippen LogP contribution in [0.2, 0.25) is 0 Å². The van der Waals surface area contributed by atoms with Crippen LogP contribution < -0.4 is 9.47 Å². The van der Waals surface area contributed by atoms with Crippen molar-refractivity contribution >= 4 is 10.9 Å². The lowest BCUT2D eigenvalue weighted by Crippen LogP contribution is -2.00. The fourth-order valence-electron chi connectivity index (χ4n) is 3.83. The number of nitrogens with one attached hydrogen (secondary N) is 1. The predicted octanol–water partition coefficient (Wildman–Crippen LogP) is 5.23. The third-order valence-electron chi connectivity index (χ3n) is 5.54. The Kier molecular flexibility index (Phi) is 5.68. The highest BCUT2D eigenvalue weighted by Crippen LogP contribution is 2.32. The van der Waals surface area contributed by atoms with Crippen molar-refractivity contribution in [2.75, 3.05) is 7.11 Å². The fourth-order valence-corrected chi connectivity index (χ4v) is 3.83. The van der Waals surface area contributed by atoms with Crippen LogP contribution >= 0.6 is 0 Å². The van der Waals surface area contributed by atoms with Crippen molar-refractivity contribution in [1.82, 2.24) is 25.6 Å². The predicted molar refractivity (Wildman–Crippen MR) is 127 cm³/mol. The largest absolute Gasteiger partial charge is 0.497 e. The Balaban J connectivity index is 1.49. The third kappa shape index (κ3) is 4.25. The Labute approximate surface area is 191 Å². The van der Waals surface area contributed by atoms with Gasteiger partial charge in [0.15, 0.2) is 0 Å². The minimum absolute atomic E-state index is 0.397. The minimum atomic E-state index is 0.397. The molecule has 0 atom stereocenters. The third-order valence-corrected chi connectivity index (χ3v) is 5.54. The van der Waals surface area contributed by atoms with E-state index < -0.39 is 0 Å². The summed E-state index contributed by atoms with van der Waals surface area (Å²) in [6.45, 7) is 2.48. The maximum atomic E-state index is 6.29. The Morgan fingerprint density at radius 1 is 0.909 bits per heavy atom. The number of benzene rings is 3. The Morgan fingerprint density at radius 3 is 2.55 bits per heavy atom. The maximum absolute atomic E-state index is 6.29. The van der Waals surface area contributed by atoms with Crippen LogP contribution in [0.1, 0.15) is 18.2 Å². The molecule has 0 aliphatic rings. The van der Waals surface area contributed by atoms with Gasteiger partial charge in [0.05, 0.1) is 12.6 Å². The van der Waals surface area contributed by atoms with Crippen molar-refractivity contribution in [2.24, 2.45) is 0 Å². The molecule has 0 unspecified atom stereocenters. The van der Waals surface area contributed by atoms with Crippen LogP contribution in [0.15, 0.2) is 72.8 Å². The highest BCUT2D eigenvalue weighted by molar-refractivity contribution is 5.86. The van der Waals surface area contributed by atoms with Gasteiger partial charge in [0, 0.05) is 28.8 Å². The van der Waals surface area contributed by atoms with Gasteiger partial charge in [-0.3, -0.25) is 4.98 Å². The molecular weight excluding hydrogens is 414 g/mol. The summed E-state index contributed by atoms with van der Waals surface area (Å²) in [6, 6.07) is 24.2. The number of tetrazole rings is 1. The van der Waals surface area contributed by atoms with Crippen LogP contribution in [0.3, 0.4) is 0 Å². The number of aryl methyl sites for hydroxylation is 1. The SMILES string of the molecule is CCc1cc(OCc2ccc(-c3ccccc3)c(-c3nn[nH]n3)c2)c2ccc(OC)cc2n1. The number of methoxy groups -OCH3 is 1. The second-order valence-electron chi connectivity index (χ2n) is 7.62. The normalized spacial score (nSPS) is 11.0. The molecule has 0 bridgehead atoms. The number of H-pyrrole nitrogens is 1. The summed E-state index contributed by atoms with van der Waals surface area (Å²) in [7, 11) is 1.66. The van der Waals surface area contributed by atoms with Crippen LogP contribution in [0, 0.1) is 0 Å². The fraction of sp³-hybridized carbons (Fsp3) is 0.154. The zero-order chi connectivity index (χ0) is 22.6. The van der Waals surface area contributed by atoms with E-state index in [4.69, 9.17) is 14.5 Å². The van der Waals surface area contributed by atoms with E-state index in [1.54, 1.807) is 7.11 Å². The highest BCUT2D eigenvalue weighted by Gasteiger charge is 2.14. The molecule has 5 rings (SSSR count). The summed E-state index contributed by atoms with van der Waals surface area (Å²) in [5, 5.41) is 15.6. The molecule has 164 valence electrons. The molecular formula is C26H23N5O2. The molecule has 7 heteroatoms. The molecule has 0 aliphatic carbocycles. The lowest BCUT2D eigenvalue weighted by molar-refractivity contribution is 0.309. The summed E-state index contributed by atoms with van der Waals surface area (Å²) in [5.41, 5.74) is 5.86. The minimum Gasteiger partial charge on any atom is -0.497 e. The molecule has 0 fully saturated rings. The summed E-state index contributed by atoms with van der Waals surface area (Å²) in [4.78, 5) is 4.72. The highest BCUT2D eigenvalue weighted by atomic mass is 16.5. The van der Waals surface area contributed by atoms with Gasteiger partial charge >= 0.3 is 0 Å². The van der Waals surface area contributed by atoms with E-state index in [0.717, 1.165) is 56.8 Å². The van der Waals surface area contributed by atoms with Gasteiger partial charge in [0.25, 0.3) is 0 Å². The molecule has 0 amide bonds. The van der Waals surface area contributed by atoms with E-state index in [1.165, 1.54) is 0 Å². The van der Waals surface area contributed by atoms with Crippen molar-refractivity contribution in [3.8, 4) is 34.0 Å². The molecule has 0 saturated heterocycles. The van der Waals surface area contributed by atoms with Crippen molar-refractivity contribution in [3.63, 3.8) is 0 Å². The molecule has 33 heavy (non-hydrogen) atoms. The number of ether oxygens (including phenoxy) is 2. The number of nitrogens with zero attached hydrogens (tertiary/aromatic N) is 4. The molecule has 0 saturated carbocycles. The van der Waals surface area contributed by atoms with E-state index in [-0.39, 0.29) is 0 Å². The molecule has 2 heterocycles. The Hall–Kier alpha value is -4.26. The van der Waals surface area contributed by atoms with Crippen molar-refractivity contribution in [2.45, 2.75) is 20.0 Å². The van der Waals surface area contributed by atoms with Gasteiger partial charge in [-0.05, 0) is 46.5 Å². The summed E-state index contributed by atoms with van der Waals surface area (Å²) < 4.78 is 11.7. The quantitative estimate of drug-likeness (QED) is 0.375. The average Bonchev–Trinajstić information content (AvgIpc) is 3.42. The molecule has 2 aromatic heterocycles. The molecule has 7 nitrogen and oxygen atoms in total. The number of pyridine rings is 1. The van der Waals surface area contributed by atoms with E-state index in [9.17, 15) is 0 Å². The van der Waals surface area contributed by atoms with Crippen LogP contribution in [0.5, 0.6) is 11.5 Å². The second-order valence-corrected chi connectivity index (χ2v) is 7.62. The molecule has 0 radical (unpaired) electrons. The lowest BCUT2D eigenvalue weighted by Gasteiger charge is -2.13. The van der Waals surface area contributed by atoms with Crippen LogP contribution in [-0.4, -0.2) is 32.7 Å². The van der Waals surface area contributed by atoms with Gasteiger partial charge in [-0.25, -0.2) is 0 Å². The van der Waals surface area contributed by atoms with Crippen molar-refractivity contribution in [3.05, 3.63) is 84.1 Å². The number of fused-ring (bicyclic) bond motifs is 1. The van der Waals surface area contributed by atoms with E-state index in [1.807, 2.05) is 42.5 Å². The first-order chi connectivity index (χ1) is 16.2. The maximum Gasteiger partial charge on any atom is 0.205 e. The van der Waals surface area contributed by atoms with E-state index in [0.29, 0.717) is 12.4 Å². The van der Waals surface area contributed by atoms with Gasteiger partial charge in [-0.1, -0.05) is 49.4 Å². The lowest BCUT2D eigenvalue weighted by atomic mass is 9.97. The number of aromatic nitrogens is 5. The number of hydrogen-bond donors (Lipinski definition) is 1. The Morgan fingerprint density at radius 2 is 1.79 bits per heavy atom. The van der Waals surface area contributed by atoms with Gasteiger partial charge in [-0.2, -0.15) is 5.21 Å².